The first kappa shape index (κ1) is 12.6. The van der Waals surface area contributed by atoms with E-state index in [0.29, 0.717) is 5.56 Å². The number of hydrogen-bond donors (Lipinski definition) is 1. The van der Waals surface area contributed by atoms with Crippen LogP contribution in [-0.2, 0) is 6.18 Å². The van der Waals surface area contributed by atoms with Gasteiger partial charge in [-0.15, -0.1) is 6.58 Å². The van der Waals surface area contributed by atoms with E-state index < -0.39 is 17.8 Å². The number of methoxy groups -OCH3 is 1. The molecule has 16 heavy (non-hydrogen) atoms. The number of nitrogens with two attached hydrogens (primary N) is 1. The lowest BCUT2D eigenvalue weighted by atomic mass is 10.0. The van der Waals surface area contributed by atoms with Crippen molar-refractivity contribution >= 4 is 0 Å². The molecule has 1 rings (SSSR count). The second kappa shape index (κ2) is 4.57. The Labute approximate surface area is 91.5 Å². The third kappa shape index (κ3) is 2.55. The molecule has 5 heteroatoms. The first-order valence-electron chi connectivity index (χ1n) is 4.53. The summed E-state index contributed by atoms with van der Waals surface area (Å²) in [4.78, 5) is 0. The Morgan fingerprint density at radius 2 is 2.06 bits per heavy atom. The van der Waals surface area contributed by atoms with Crippen molar-refractivity contribution in [1.82, 2.24) is 0 Å². The maximum absolute atomic E-state index is 12.4. The summed E-state index contributed by atoms with van der Waals surface area (Å²) >= 11 is 0. The molecule has 2 N–H and O–H groups in total. The minimum absolute atomic E-state index is 0.113. The van der Waals surface area contributed by atoms with Crippen LogP contribution in [0.25, 0.3) is 0 Å². The number of rotatable bonds is 3. The smallest absolute Gasteiger partial charge is 0.416 e. The Balaban J connectivity index is 3.22. The van der Waals surface area contributed by atoms with Crippen molar-refractivity contribution in [3.63, 3.8) is 0 Å². The molecule has 1 atom stereocenters. The quantitative estimate of drug-likeness (QED) is 0.812. The average Bonchev–Trinajstić information content (AvgIpc) is 2.26. The van der Waals surface area contributed by atoms with E-state index in [4.69, 9.17) is 10.5 Å². The summed E-state index contributed by atoms with van der Waals surface area (Å²) in [7, 11) is 1.30. The molecule has 0 saturated carbocycles. The highest BCUT2D eigenvalue weighted by molar-refractivity contribution is 5.41. The maximum Gasteiger partial charge on any atom is 0.416 e. The highest BCUT2D eigenvalue weighted by atomic mass is 19.4. The Hall–Kier alpha value is -1.49. The molecule has 0 aromatic heterocycles. The van der Waals surface area contributed by atoms with Crippen LogP contribution in [0.1, 0.15) is 17.2 Å². The van der Waals surface area contributed by atoms with Gasteiger partial charge in [0, 0.05) is 5.56 Å². The minimum Gasteiger partial charge on any atom is -0.496 e. The van der Waals surface area contributed by atoms with Crippen molar-refractivity contribution in [2.45, 2.75) is 12.2 Å². The van der Waals surface area contributed by atoms with Crippen LogP contribution in [0.4, 0.5) is 13.2 Å². The van der Waals surface area contributed by atoms with E-state index in [2.05, 4.69) is 6.58 Å². The predicted octanol–water partition coefficient (Wildman–Crippen LogP) is 2.90. The summed E-state index contributed by atoms with van der Waals surface area (Å²) < 4.78 is 42.1. The predicted molar refractivity (Wildman–Crippen MR) is 55.1 cm³/mol. The summed E-state index contributed by atoms with van der Waals surface area (Å²) in [6.07, 6.45) is -2.95. The topological polar surface area (TPSA) is 35.2 Å². The number of benzene rings is 1. The third-order valence-electron chi connectivity index (χ3n) is 2.17. The second-order valence-electron chi connectivity index (χ2n) is 3.22. The van der Waals surface area contributed by atoms with Crippen molar-refractivity contribution in [3.05, 3.63) is 42.0 Å². The maximum atomic E-state index is 12.4. The Morgan fingerprint density at radius 3 is 2.50 bits per heavy atom. The van der Waals surface area contributed by atoms with Gasteiger partial charge in [0.1, 0.15) is 5.75 Å². The van der Waals surface area contributed by atoms with E-state index in [-0.39, 0.29) is 5.75 Å². The summed E-state index contributed by atoms with van der Waals surface area (Å²) in [5.74, 6) is 0.113. The van der Waals surface area contributed by atoms with Crippen LogP contribution in [0, 0.1) is 0 Å². The molecule has 0 spiro atoms. The fourth-order valence-corrected chi connectivity index (χ4v) is 1.29. The van der Waals surface area contributed by atoms with E-state index in [9.17, 15) is 13.2 Å². The Bertz CT molecular complexity index is 387. The van der Waals surface area contributed by atoms with Crippen molar-refractivity contribution in [3.8, 4) is 5.75 Å². The zero-order valence-electron chi connectivity index (χ0n) is 8.71. The zero-order chi connectivity index (χ0) is 12.3. The monoisotopic (exact) mass is 231 g/mol. The zero-order valence-corrected chi connectivity index (χ0v) is 8.71. The van der Waals surface area contributed by atoms with Crippen LogP contribution in [0.3, 0.4) is 0 Å². The molecule has 0 amide bonds. The average molecular weight is 231 g/mol. The largest absolute Gasteiger partial charge is 0.496 e. The van der Waals surface area contributed by atoms with Gasteiger partial charge in [0.2, 0.25) is 0 Å². The number of ether oxygens (including phenoxy) is 1. The van der Waals surface area contributed by atoms with E-state index in [1.165, 1.54) is 19.3 Å². The molecule has 0 unspecified atom stereocenters. The van der Waals surface area contributed by atoms with Gasteiger partial charge in [0.25, 0.3) is 0 Å². The molecule has 0 aliphatic carbocycles. The Morgan fingerprint density at radius 1 is 1.44 bits per heavy atom. The van der Waals surface area contributed by atoms with Crippen molar-refractivity contribution in [2.24, 2.45) is 5.73 Å². The van der Waals surface area contributed by atoms with E-state index >= 15 is 0 Å². The van der Waals surface area contributed by atoms with Crippen molar-refractivity contribution in [2.75, 3.05) is 7.11 Å². The molecule has 0 aliphatic heterocycles. The molecule has 2 nitrogen and oxygen atoms in total. The van der Waals surface area contributed by atoms with Gasteiger partial charge in [-0.05, 0) is 12.1 Å². The lowest BCUT2D eigenvalue weighted by Gasteiger charge is -2.15. The van der Waals surface area contributed by atoms with Gasteiger partial charge in [-0.2, -0.15) is 13.2 Å². The van der Waals surface area contributed by atoms with Crippen molar-refractivity contribution in [1.29, 1.82) is 0 Å². The molecule has 0 heterocycles. The van der Waals surface area contributed by atoms with Crippen LogP contribution in [0.2, 0.25) is 0 Å². The fourth-order valence-electron chi connectivity index (χ4n) is 1.29. The molecule has 1 aromatic rings. The van der Waals surface area contributed by atoms with Gasteiger partial charge in [0.15, 0.2) is 0 Å². The van der Waals surface area contributed by atoms with Crippen molar-refractivity contribution < 1.29 is 17.9 Å². The highest BCUT2D eigenvalue weighted by Gasteiger charge is 2.31. The summed E-state index contributed by atoms with van der Waals surface area (Å²) in [6, 6.07) is 2.66. The van der Waals surface area contributed by atoms with Crippen LogP contribution < -0.4 is 10.5 Å². The van der Waals surface area contributed by atoms with Crippen LogP contribution in [-0.4, -0.2) is 7.11 Å². The van der Waals surface area contributed by atoms with E-state index in [0.717, 1.165) is 12.1 Å². The van der Waals surface area contributed by atoms with Crippen LogP contribution in [0.5, 0.6) is 5.75 Å². The summed E-state index contributed by atoms with van der Waals surface area (Å²) in [6.45, 7) is 3.48. The fraction of sp³-hybridized carbons (Fsp3) is 0.273. The standard InChI is InChI=1S/C11H12F3NO/c1-3-9(15)8-5-4-7(11(12,13)14)6-10(8)16-2/h3-6,9H,1,15H2,2H3/t9-/m1/s1. The molecule has 0 fully saturated rings. The first-order chi connectivity index (χ1) is 7.40. The summed E-state index contributed by atoms with van der Waals surface area (Å²) in [5.41, 5.74) is 5.37. The van der Waals surface area contributed by atoms with Gasteiger partial charge in [-0.3, -0.25) is 0 Å². The van der Waals surface area contributed by atoms with Gasteiger partial charge >= 0.3 is 6.18 Å². The van der Waals surface area contributed by atoms with Crippen LogP contribution >= 0.6 is 0 Å². The lowest BCUT2D eigenvalue weighted by Crippen LogP contribution is -2.11. The molecule has 0 radical (unpaired) electrons. The third-order valence-corrected chi connectivity index (χ3v) is 2.17. The molecule has 0 aliphatic rings. The minimum atomic E-state index is -4.38. The van der Waals surface area contributed by atoms with Gasteiger partial charge in [0.05, 0.1) is 18.7 Å². The van der Waals surface area contributed by atoms with E-state index in [1.807, 2.05) is 0 Å². The van der Waals surface area contributed by atoms with Crippen LogP contribution in [0.15, 0.2) is 30.9 Å². The van der Waals surface area contributed by atoms with Gasteiger partial charge in [-0.1, -0.05) is 12.1 Å². The molecule has 1 aromatic carbocycles. The number of halogens is 3. The first-order valence-corrected chi connectivity index (χ1v) is 4.53. The van der Waals surface area contributed by atoms with Gasteiger partial charge in [-0.25, -0.2) is 0 Å². The highest BCUT2D eigenvalue weighted by Crippen LogP contribution is 2.34. The molecular formula is C11H12F3NO. The molecule has 0 saturated heterocycles. The number of alkyl halides is 3. The Kier molecular flexibility index (Phi) is 3.59. The molecular weight excluding hydrogens is 219 g/mol. The second-order valence-corrected chi connectivity index (χ2v) is 3.22. The SMILES string of the molecule is C=C[C@@H](N)c1ccc(C(F)(F)F)cc1OC. The molecule has 88 valence electrons. The van der Waals surface area contributed by atoms with E-state index in [1.54, 1.807) is 0 Å². The number of hydrogen-bond acceptors (Lipinski definition) is 2. The summed E-state index contributed by atoms with van der Waals surface area (Å²) in [5, 5.41) is 0. The van der Waals surface area contributed by atoms with Gasteiger partial charge < -0.3 is 10.5 Å². The molecule has 0 bridgehead atoms. The lowest BCUT2D eigenvalue weighted by molar-refractivity contribution is -0.137. The normalized spacial score (nSPS) is 13.3.